The maximum absolute atomic E-state index is 14.2. The summed E-state index contributed by atoms with van der Waals surface area (Å²) in [6.45, 7) is 2.14. The molecule has 3 saturated carbocycles. The molecule has 724 valence electrons. The second kappa shape index (κ2) is 71.5. The number of nitrogens with two attached hydrogens (primary N) is 3. The third-order valence-corrected chi connectivity index (χ3v) is 23.0. The Morgan fingerprint density at radius 2 is 0.714 bits per heavy atom. The van der Waals surface area contributed by atoms with Gasteiger partial charge in [0.2, 0.25) is 59.1 Å². The molecule has 0 spiro atoms. The first kappa shape index (κ1) is 120. The molecule has 10 amide bonds. The number of carbonyl (C=O) groups is 14. The molecule has 0 aromatic heterocycles. The number of amidine groups is 1. The average molecular weight is 1890 g/mol. The first-order valence-corrected chi connectivity index (χ1v) is 45.8. The Labute approximate surface area is 862 Å². The smallest absolute Gasteiger partial charge is 0.244 e. The van der Waals surface area contributed by atoms with Gasteiger partial charge in [-0.1, -0.05) is 222 Å². The highest BCUT2D eigenvalue weighted by molar-refractivity contribution is 7.90. The molecule has 15 N–H and O–H groups in total. The van der Waals surface area contributed by atoms with Gasteiger partial charge in [0.05, 0.1) is 5.84 Å². The summed E-state index contributed by atoms with van der Waals surface area (Å²) in [4.78, 5) is 185. The average Bonchev–Trinajstić information content (AvgIpc) is 1.84. The number of rotatable bonds is 23. The first-order chi connectivity index (χ1) is 68.9. The topological polar surface area (TPSA) is 437 Å². The Morgan fingerprint density at radius 3 is 1.02 bits per heavy atom. The fourth-order valence-electron chi connectivity index (χ4n) is 15.0. The number of nitrogens with one attached hydrogen (secondary N) is 9. The second-order valence-corrected chi connectivity index (χ2v) is 34.1. The van der Waals surface area contributed by atoms with Gasteiger partial charge < -0.3 is 59.7 Å². The van der Waals surface area contributed by atoms with E-state index in [1.54, 1.807) is 104 Å². The van der Waals surface area contributed by atoms with Gasteiger partial charge in [-0.3, -0.25) is 72.5 Å². The van der Waals surface area contributed by atoms with Crippen LogP contribution in [0.3, 0.4) is 0 Å². The zero-order chi connectivity index (χ0) is 109. The van der Waals surface area contributed by atoms with Crippen LogP contribution >= 0.6 is 0 Å². The molecule has 0 saturated heterocycles. The molecular weight excluding hydrogens is 1740 g/mol. The van der Waals surface area contributed by atoms with Crippen LogP contribution in [0.25, 0.3) is 0 Å². The van der Waals surface area contributed by atoms with Gasteiger partial charge in [0.25, 0.3) is 0 Å². The van der Waals surface area contributed by atoms with E-state index in [9.17, 15) is 67.1 Å². The van der Waals surface area contributed by atoms with Crippen molar-refractivity contribution in [1.82, 2.24) is 42.5 Å². The molecule has 0 bridgehead atoms. The summed E-state index contributed by atoms with van der Waals surface area (Å²) in [6.07, 6.45) is 29.7. The lowest BCUT2D eigenvalue weighted by Gasteiger charge is -2.29. The zero-order valence-corrected chi connectivity index (χ0v) is 77.5. The summed E-state index contributed by atoms with van der Waals surface area (Å²) in [5.41, 5.74) is 20.1. The lowest BCUT2D eigenvalue weighted by atomic mass is 8.68. The van der Waals surface area contributed by atoms with Gasteiger partial charge in [0.15, 0.2) is 23.1 Å². The Balaban J connectivity index is -0.000000401. The molecule has 4 aromatic rings. The van der Waals surface area contributed by atoms with Crippen LogP contribution in [0.1, 0.15) is 255 Å². The normalized spacial score (nSPS) is 19.7. The Morgan fingerprint density at radius 1 is 0.393 bits per heavy atom. The lowest BCUT2D eigenvalue weighted by molar-refractivity contribution is -0.134. The maximum atomic E-state index is 14.2. The van der Waals surface area contributed by atoms with E-state index in [4.69, 9.17) is 131 Å². The summed E-state index contributed by atoms with van der Waals surface area (Å²) >= 11 is 0. The molecule has 2 unspecified atom stereocenters. The summed E-state index contributed by atoms with van der Waals surface area (Å²) in [7, 11) is 51.6. The predicted octanol–water partition coefficient (Wildman–Crippen LogP) is 4.95. The van der Waals surface area contributed by atoms with Gasteiger partial charge in [0, 0.05) is 222 Å². The number of benzene rings is 4. The monoisotopic (exact) mass is 1900 g/mol. The molecule has 9 rings (SSSR count). The molecular formula is C98H140B16N12O14. The van der Waals surface area contributed by atoms with Gasteiger partial charge in [-0.25, -0.2) is 0 Å². The third-order valence-electron chi connectivity index (χ3n) is 23.0. The maximum Gasteiger partial charge on any atom is 0.244 e. The van der Waals surface area contributed by atoms with Gasteiger partial charge in [-0.15, -0.1) is 19.3 Å². The Hall–Kier alpha value is -12.0. The molecule has 26 nitrogen and oxygen atoms in total. The van der Waals surface area contributed by atoms with Crippen molar-refractivity contribution in [1.29, 1.82) is 5.41 Å². The van der Waals surface area contributed by atoms with Crippen LogP contribution < -0.4 is 59.7 Å². The molecule has 140 heavy (non-hydrogen) atoms. The standard InChI is InChI=1S/C42H53N5O7.C41H53N7O7.C6H2.C5H4.4CH4.2B8.6H2/c43-39(51)34-13-7-8-22-44-41(53)35(25-29-16-18-31(19-17-29)38(50)30-11-5-2-6-12-30)47-42(54)36(24-27-9-3-1-4-10-27)46-40(52)32(23-28-14-15-28)26-33(48)20-21-37(49)45-34;42-35(43)20-18-30-25-31(49)19-21-36(50)46-32(38(44)52)13-7-8-22-45-40(54)33(48-41(55)34(47-39(30)53)23-26-9-3-1-4-10-26)24-27-14-16-29(17-15-27)37(51)28-11-5-2-6-12-28;1-3-5-6-4-2;1-3-5-4-2;;;;;2*1-6(2)8(5)7(3)4;;;;;;/h2,5-6,11-12,16-21,27-28,32,34-36H,1,3-4,7-10,13-15,22-26H2,(H2,43,51)(H,44,53)(H,45,49)(H,46,52)(H,47,54);2,5-6,11-12,14-17,19,21,26,30,32-34H,1,3-4,7-10,13,18,20,22-25H2,(H3,42,43)(H2,44,52)(H,45,54)(H,46,50)(H,47,53)(H,48,55);1-2H;1H,2H3;4*1H4;;;6*1H/t32-,34+,35?,36+;30-,32+,33?,34+;;;;;;;;;;;;;;/m11............../s1/i;;;;;;;;;;4*1+1D;2*1+1. The quantitative estimate of drug-likeness (QED) is 0.0154. The lowest BCUT2D eigenvalue weighted by Crippen LogP contribution is -2.55. The molecule has 3 aliphatic carbocycles. The predicted molar refractivity (Wildman–Crippen MR) is 589 cm³/mol. The van der Waals surface area contributed by atoms with Crippen LogP contribution in [0, 0.1) is 95.7 Å². The number of amides is 10. The van der Waals surface area contributed by atoms with Crippen LogP contribution in [0.4, 0.5) is 0 Å². The highest BCUT2D eigenvalue weighted by Crippen LogP contribution is 2.37. The van der Waals surface area contributed by atoms with Gasteiger partial charge in [0.1, 0.15) is 36.3 Å². The van der Waals surface area contributed by atoms with Crippen molar-refractivity contribution in [3.05, 3.63) is 167 Å². The van der Waals surface area contributed by atoms with E-state index in [2.05, 4.69) is 84.0 Å². The number of allylic oxidation sites excluding steroid dienone is 2. The molecule has 2 aliphatic heterocycles. The molecule has 5 aliphatic rings. The van der Waals surface area contributed by atoms with Crippen LogP contribution in [-0.2, 0) is 70.4 Å². The van der Waals surface area contributed by atoms with Crippen molar-refractivity contribution in [3.8, 4) is 60.7 Å². The fourth-order valence-corrected chi connectivity index (χ4v) is 15.0. The minimum Gasteiger partial charge on any atom is -0.388 e. The number of terminal acetylenes is 3. The molecule has 2 heterocycles. The van der Waals surface area contributed by atoms with E-state index < -0.39 is 157 Å². The minimum atomic E-state index is -1.06. The van der Waals surface area contributed by atoms with Crippen LogP contribution in [-0.4, -0.2) is 253 Å². The minimum absolute atomic E-state index is 0. The molecule has 4 aromatic carbocycles. The van der Waals surface area contributed by atoms with Crippen molar-refractivity contribution in [2.45, 2.75) is 246 Å². The zero-order valence-electron chi connectivity index (χ0n) is 85.5. The van der Waals surface area contributed by atoms with Crippen molar-refractivity contribution in [3.63, 3.8) is 0 Å². The van der Waals surface area contributed by atoms with Crippen molar-refractivity contribution < 1.29 is 81.9 Å². The summed E-state index contributed by atoms with van der Waals surface area (Å²) < 4.78 is 40.0. The van der Waals surface area contributed by atoms with Crippen LogP contribution in [0.15, 0.2) is 133 Å². The molecule has 20 radical (unpaired) electrons. The van der Waals surface area contributed by atoms with Crippen LogP contribution in [0.2, 0.25) is 0 Å². The number of primary amides is 2. The van der Waals surface area contributed by atoms with E-state index in [0.717, 1.165) is 107 Å². The Bertz CT molecular complexity index is 4950. The highest BCUT2D eigenvalue weighted by Gasteiger charge is 2.37. The second-order valence-electron chi connectivity index (χ2n) is 34.1. The van der Waals surface area contributed by atoms with Crippen molar-refractivity contribution >= 4 is 204 Å². The summed E-state index contributed by atoms with van der Waals surface area (Å²) in [6, 6.07) is 25.5. The third kappa shape index (κ3) is 51.8. The largest absolute Gasteiger partial charge is 0.388 e. The van der Waals surface area contributed by atoms with Crippen LogP contribution in [0.5, 0.6) is 0 Å². The number of hydrogen-bond acceptors (Lipinski definition) is 15. The molecule has 8 atom stereocenters. The summed E-state index contributed by atoms with van der Waals surface area (Å²) in [5, 5.41) is 30.2. The van der Waals surface area contributed by atoms with E-state index in [1.165, 1.54) is 0 Å². The van der Waals surface area contributed by atoms with E-state index in [0.29, 0.717) is 78.7 Å². The van der Waals surface area contributed by atoms with Gasteiger partial charge in [-0.05, 0) is 148 Å². The van der Waals surface area contributed by atoms with Gasteiger partial charge in [-0.2, -0.15) is 0 Å². The van der Waals surface area contributed by atoms with E-state index in [-0.39, 0.29) is 126 Å². The fraction of sp³-hybridized carbons (Fsp3) is 0.459. The SMILES string of the molecule is C.C.C.C.C#CC#CC.C#CC#CC#C.N=C(N)CC[C@@H]1CC(=O)C=CC(=O)N[C@H](C(N)=O)CCCCNC(=O)C(Cc2ccc(C(=O)c3ccccc3)cc2)NC(=O)[C@H](CC2CCCCC2)NC1=O.NC(=O)[C@@H]1CCCCNC(=O)C(Cc2ccc(C(=O)c3ccccc3)cc2)NC(=O)[C@H](CC2CCCCC2)NC(=O)[C@H](CC2CC2)CC(=O)C=CC(=O)N1.[2HH].[2HH].[2H][2H].[2H][2H].[2H][2H].[2H][2H].[B]B([B])B([B])B([B])[B].[B]B([B])B([B])B([B])[B]. The molecule has 42 heteroatoms. The first-order valence-electron chi connectivity index (χ1n) is 49.8. The molecule has 3 fully saturated rings. The number of hydrogen-bond donors (Lipinski definition) is 12. The summed E-state index contributed by atoms with van der Waals surface area (Å²) in [5.74, 6) is 7.46. The van der Waals surface area contributed by atoms with E-state index in [1.807, 2.05) is 12.1 Å². The van der Waals surface area contributed by atoms with E-state index >= 15 is 0 Å². The number of ketones is 4. The highest BCUT2D eigenvalue weighted by atomic mass is 16.2. The Kier molecular flexibility index (Phi) is 61.4. The number of carbonyl (C=O) groups excluding carboxylic acids is 14. The van der Waals surface area contributed by atoms with Crippen molar-refractivity contribution in [2.75, 3.05) is 13.1 Å². The van der Waals surface area contributed by atoms with Gasteiger partial charge >= 0.3 is 0 Å². The van der Waals surface area contributed by atoms with Crippen molar-refractivity contribution in [2.24, 2.45) is 46.8 Å².